The zero-order valence-corrected chi connectivity index (χ0v) is 10.3. The summed E-state index contributed by atoms with van der Waals surface area (Å²) in [5.41, 5.74) is 6.99. The standard InChI is InChI=1S/C13H19NOS/c14-8-11-2-1-3-12(11)13(15)5-4-10-6-7-16-9-10/h6-7,9,11-12H,1-5,8,14H2. The van der Waals surface area contributed by atoms with Gasteiger partial charge in [0.1, 0.15) is 5.78 Å². The van der Waals surface area contributed by atoms with Crippen molar-refractivity contribution < 1.29 is 4.79 Å². The Labute approximate surface area is 101 Å². The van der Waals surface area contributed by atoms with Crippen molar-refractivity contribution in [1.82, 2.24) is 0 Å². The van der Waals surface area contributed by atoms with E-state index < -0.39 is 0 Å². The predicted octanol–water partition coefficient (Wildman–Crippen LogP) is 2.62. The van der Waals surface area contributed by atoms with E-state index in [4.69, 9.17) is 5.73 Å². The summed E-state index contributed by atoms with van der Waals surface area (Å²) in [6.07, 6.45) is 4.97. The lowest BCUT2D eigenvalue weighted by molar-refractivity contribution is -0.123. The Morgan fingerprint density at radius 1 is 1.50 bits per heavy atom. The third kappa shape index (κ3) is 2.71. The minimum Gasteiger partial charge on any atom is -0.330 e. The zero-order chi connectivity index (χ0) is 11.4. The van der Waals surface area contributed by atoms with Gasteiger partial charge in [0.05, 0.1) is 0 Å². The van der Waals surface area contributed by atoms with E-state index in [1.807, 2.05) is 0 Å². The maximum absolute atomic E-state index is 12.1. The molecule has 2 nitrogen and oxygen atoms in total. The maximum Gasteiger partial charge on any atom is 0.136 e. The summed E-state index contributed by atoms with van der Waals surface area (Å²) in [4.78, 5) is 12.1. The van der Waals surface area contributed by atoms with Crippen molar-refractivity contribution in [3.05, 3.63) is 22.4 Å². The highest BCUT2D eigenvalue weighted by molar-refractivity contribution is 7.07. The summed E-state index contributed by atoms with van der Waals surface area (Å²) in [7, 11) is 0. The van der Waals surface area contributed by atoms with Gasteiger partial charge in [0.25, 0.3) is 0 Å². The van der Waals surface area contributed by atoms with Gasteiger partial charge in [0.15, 0.2) is 0 Å². The third-order valence-corrected chi connectivity index (χ3v) is 4.35. The Kier molecular flexibility index (Phi) is 4.13. The zero-order valence-electron chi connectivity index (χ0n) is 9.52. The largest absolute Gasteiger partial charge is 0.330 e. The number of Topliss-reactive ketones (excluding diaryl/α,β-unsaturated/α-hetero) is 1. The highest BCUT2D eigenvalue weighted by atomic mass is 32.1. The quantitative estimate of drug-likeness (QED) is 0.855. The van der Waals surface area contributed by atoms with Gasteiger partial charge in [-0.2, -0.15) is 11.3 Å². The minimum atomic E-state index is 0.253. The lowest BCUT2D eigenvalue weighted by Crippen LogP contribution is -2.25. The average Bonchev–Trinajstić information content (AvgIpc) is 2.96. The summed E-state index contributed by atoms with van der Waals surface area (Å²) < 4.78 is 0. The van der Waals surface area contributed by atoms with Crippen LogP contribution < -0.4 is 5.73 Å². The fourth-order valence-corrected chi connectivity index (χ4v) is 3.33. The molecule has 0 amide bonds. The van der Waals surface area contributed by atoms with Gasteiger partial charge < -0.3 is 5.73 Å². The molecule has 1 aliphatic carbocycles. The summed E-state index contributed by atoms with van der Waals surface area (Å²) >= 11 is 1.70. The van der Waals surface area contributed by atoms with Crippen molar-refractivity contribution in [3.8, 4) is 0 Å². The highest BCUT2D eigenvalue weighted by Crippen LogP contribution is 2.32. The van der Waals surface area contributed by atoms with Gasteiger partial charge in [0, 0.05) is 12.3 Å². The molecule has 2 N–H and O–H groups in total. The molecule has 1 fully saturated rings. The SMILES string of the molecule is NCC1CCCC1C(=O)CCc1ccsc1. The van der Waals surface area contributed by atoms with Crippen LogP contribution in [0, 0.1) is 11.8 Å². The molecule has 2 unspecified atom stereocenters. The summed E-state index contributed by atoms with van der Waals surface area (Å²) in [6, 6.07) is 2.10. The number of rotatable bonds is 5. The number of nitrogens with two attached hydrogens (primary N) is 1. The van der Waals surface area contributed by atoms with Crippen molar-refractivity contribution in [1.29, 1.82) is 0 Å². The number of thiophene rings is 1. The van der Waals surface area contributed by atoms with Crippen molar-refractivity contribution >= 4 is 17.1 Å². The Bertz CT molecular complexity index is 334. The maximum atomic E-state index is 12.1. The minimum absolute atomic E-state index is 0.253. The lowest BCUT2D eigenvalue weighted by Gasteiger charge is -2.16. The van der Waals surface area contributed by atoms with Crippen molar-refractivity contribution in [3.63, 3.8) is 0 Å². The first-order valence-corrected chi connectivity index (χ1v) is 6.99. The van der Waals surface area contributed by atoms with Crippen LogP contribution in [-0.2, 0) is 11.2 Å². The summed E-state index contributed by atoms with van der Waals surface area (Å²) in [5, 5.41) is 4.19. The molecule has 0 radical (unpaired) electrons. The topological polar surface area (TPSA) is 43.1 Å². The molecule has 1 aromatic heterocycles. The number of hydrogen-bond donors (Lipinski definition) is 1. The van der Waals surface area contributed by atoms with E-state index in [0.29, 0.717) is 24.7 Å². The van der Waals surface area contributed by atoms with E-state index in [-0.39, 0.29) is 5.92 Å². The van der Waals surface area contributed by atoms with Crippen LogP contribution in [0.4, 0.5) is 0 Å². The second-order valence-corrected chi connectivity index (χ2v) is 5.41. The molecular weight excluding hydrogens is 218 g/mol. The number of hydrogen-bond acceptors (Lipinski definition) is 3. The molecule has 88 valence electrons. The molecule has 16 heavy (non-hydrogen) atoms. The van der Waals surface area contributed by atoms with Gasteiger partial charge in [-0.3, -0.25) is 4.79 Å². The van der Waals surface area contributed by atoms with Gasteiger partial charge in [-0.1, -0.05) is 6.42 Å². The van der Waals surface area contributed by atoms with Gasteiger partial charge >= 0.3 is 0 Å². The first kappa shape index (κ1) is 11.8. The molecular formula is C13H19NOS. The number of carbonyl (C=O) groups is 1. The summed E-state index contributed by atoms with van der Waals surface area (Å²) in [5.74, 6) is 1.14. The second-order valence-electron chi connectivity index (χ2n) is 4.63. The van der Waals surface area contributed by atoms with Gasteiger partial charge in [-0.15, -0.1) is 0 Å². The van der Waals surface area contributed by atoms with E-state index >= 15 is 0 Å². The second kappa shape index (κ2) is 5.60. The first-order valence-electron chi connectivity index (χ1n) is 6.05. The van der Waals surface area contributed by atoms with Crippen LogP contribution in [0.1, 0.15) is 31.2 Å². The number of carbonyl (C=O) groups excluding carboxylic acids is 1. The third-order valence-electron chi connectivity index (χ3n) is 3.62. The van der Waals surface area contributed by atoms with E-state index in [2.05, 4.69) is 16.8 Å². The smallest absolute Gasteiger partial charge is 0.136 e. The fourth-order valence-electron chi connectivity index (χ4n) is 2.63. The molecule has 0 spiro atoms. The monoisotopic (exact) mass is 237 g/mol. The molecule has 1 heterocycles. The van der Waals surface area contributed by atoms with E-state index in [9.17, 15) is 4.79 Å². The first-order chi connectivity index (χ1) is 7.81. The molecule has 1 aromatic rings. The van der Waals surface area contributed by atoms with Crippen LogP contribution in [0.15, 0.2) is 16.8 Å². The van der Waals surface area contributed by atoms with E-state index in [1.54, 1.807) is 11.3 Å². The van der Waals surface area contributed by atoms with Crippen LogP contribution in [-0.4, -0.2) is 12.3 Å². The Hall–Kier alpha value is -0.670. The molecule has 2 atom stereocenters. The van der Waals surface area contributed by atoms with Crippen molar-refractivity contribution in [2.24, 2.45) is 17.6 Å². The molecule has 3 heteroatoms. The van der Waals surface area contributed by atoms with Crippen LogP contribution in [0.5, 0.6) is 0 Å². The molecule has 0 saturated heterocycles. The molecule has 0 aromatic carbocycles. The van der Waals surface area contributed by atoms with Crippen LogP contribution in [0.3, 0.4) is 0 Å². The van der Waals surface area contributed by atoms with Crippen molar-refractivity contribution in [2.45, 2.75) is 32.1 Å². The molecule has 2 rings (SSSR count). The van der Waals surface area contributed by atoms with Crippen LogP contribution in [0.25, 0.3) is 0 Å². The normalized spacial score (nSPS) is 24.8. The average molecular weight is 237 g/mol. The summed E-state index contributed by atoms with van der Waals surface area (Å²) in [6.45, 7) is 0.675. The molecule has 0 bridgehead atoms. The highest BCUT2D eigenvalue weighted by Gasteiger charge is 2.31. The van der Waals surface area contributed by atoms with Gasteiger partial charge in [-0.05, 0) is 54.1 Å². The van der Waals surface area contributed by atoms with E-state index in [1.165, 1.54) is 12.0 Å². The van der Waals surface area contributed by atoms with Crippen molar-refractivity contribution in [2.75, 3.05) is 6.54 Å². The Balaban J connectivity index is 1.83. The van der Waals surface area contributed by atoms with Crippen LogP contribution in [0.2, 0.25) is 0 Å². The molecule has 0 aliphatic heterocycles. The Morgan fingerprint density at radius 2 is 2.38 bits per heavy atom. The molecule has 1 aliphatic rings. The van der Waals surface area contributed by atoms with Gasteiger partial charge in [0.2, 0.25) is 0 Å². The number of ketones is 1. The fraction of sp³-hybridized carbons (Fsp3) is 0.615. The number of aryl methyl sites for hydroxylation is 1. The van der Waals surface area contributed by atoms with Gasteiger partial charge in [-0.25, -0.2) is 0 Å². The van der Waals surface area contributed by atoms with E-state index in [0.717, 1.165) is 19.3 Å². The lowest BCUT2D eigenvalue weighted by atomic mass is 9.89. The predicted molar refractivity (Wildman–Crippen MR) is 67.5 cm³/mol. The Morgan fingerprint density at radius 3 is 3.06 bits per heavy atom. The molecule has 1 saturated carbocycles. The van der Waals surface area contributed by atoms with Crippen LogP contribution >= 0.6 is 11.3 Å².